The zero-order valence-corrected chi connectivity index (χ0v) is 17.4. The summed E-state index contributed by atoms with van der Waals surface area (Å²) in [6, 6.07) is 2.01. The Morgan fingerprint density at radius 2 is 1.74 bits per heavy atom. The summed E-state index contributed by atoms with van der Waals surface area (Å²) < 4.78 is 4.26. The first-order chi connectivity index (χ1) is 13.2. The Kier molecular flexibility index (Phi) is 7.36. The molecule has 2 aromatic heterocycles. The highest BCUT2D eigenvalue weighted by Crippen LogP contribution is 2.17. The number of nitrogens with one attached hydrogen (secondary N) is 3. The monoisotopic (exact) mass is 423 g/mol. The third kappa shape index (κ3) is 5.36. The lowest BCUT2D eigenvalue weighted by Crippen LogP contribution is -2.38. The van der Waals surface area contributed by atoms with Crippen molar-refractivity contribution in [3.8, 4) is 0 Å². The van der Waals surface area contributed by atoms with Crippen LogP contribution >= 0.6 is 35.1 Å². The van der Waals surface area contributed by atoms with Gasteiger partial charge >= 0.3 is 0 Å². The maximum atomic E-state index is 11.8. The maximum Gasteiger partial charge on any atom is 0.253 e. The Hall–Kier alpha value is -1.78. The van der Waals surface area contributed by atoms with E-state index in [-0.39, 0.29) is 0 Å². The highest BCUT2D eigenvalue weighted by Gasteiger charge is 2.19. The van der Waals surface area contributed by atoms with Gasteiger partial charge < -0.3 is 15.6 Å². The van der Waals surface area contributed by atoms with Gasteiger partial charge in [0.15, 0.2) is 0 Å². The molecule has 3 N–H and O–H groups in total. The van der Waals surface area contributed by atoms with Gasteiger partial charge in [0, 0.05) is 47.2 Å². The van der Waals surface area contributed by atoms with Crippen LogP contribution in [-0.4, -0.2) is 38.9 Å². The van der Waals surface area contributed by atoms with E-state index in [2.05, 4.69) is 25.0 Å². The molecule has 0 aliphatic rings. The van der Waals surface area contributed by atoms with Gasteiger partial charge in [-0.3, -0.25) is 9.59 Å². The molecule has 27 heavy (non-hydrogen) atoms. The minimum absolute atomic E-state index is 0.419. The van der Waals surface area contributed by atoms with Crippen LogP contribution in [0, 0.1) is 6.92 Å². The molecular formula is C17H21N5O2S3. The smallest absolute Gasteiger partial charge is 0.253 e. The van der Waals surface area contributed by atoms with Crippen molar-refractivity contribution in [1.82, 2.24) is 14.3 Å². The van der Waals surface area contributed by atoms with E-state index < -0.39 is 10.9 Å². The van der Waals surface area contributed by atoms with Gasteiger partial charge in [0.2, 0.25) is 0 Å². The third-order valence-corrected chi connectivity index (χ3v) is 6.50. The summed E-state index contributed by atoms with van der Waals surface area (Å²) in [5.74, 6) is 3.38. The molecular weight excluding hydrogens is 402 g/mol. The number of aromatic amines is 1. The van der Waals surface area contributed by atoms with Gasteiger partial charge in [-0.05, 0) is 24.5 Å². The number of anilines is 2. The lowest BCUT2D eigenvalue weighted by Gasteiger charge is -2.14. The van der Waals surface area contributed by atoms with Crippen molar-refractivity contribution >= 4 is 46.4 Å². The van der Waals surface area contributed by atoms with Gasteiger partial charge in [0.1, 0.15) is 11.4 Å². The molecule has 0 spiro atoms. The van der Waals surface area contributed by atoms with Gasteiger partial charge in [-0.15, -0.1) is 0 Å². The van der Waals surface area contributed by atoms with Crippen molar-refractivity contribution in [3.63, 3.8) is 0 Å². The van der Waals surface area contributed by atoms with Gasteiger partial charge in [-0.2, -0.15) is 27.9 Å². The zero-order chi connectivity index (χ0) is 19.1. The normalized spacial score (nSPS) is 11.1. The average molecular weight is 424 g/mol. The second-order valence-corrected chi connectivity index (χ2v) is 8.70. The summed E-state index contributed by atoms with van der Waals surface area (Å²) in [4.78, 5) is 30.8. The first-order valence-electron chi connectivity index (χ1n) is 8.51. The van der Waals surface area contributed by atoms with Crippen LogP contribution < -0.4 is 21.5 Å². The van der Waals surface area contributed by atoms with Gasteiger partial charge in [-0.1, -0.05) is 0 Å². The summed E-state index contributed by atoms with van der Waals surface area (Å²) in [6.07, 6.45) is 1.69. The van der Waals surface area contributed by atoms with E-state index in [1.165, 1.54) is 11.5 Å². The van der Waals surface area contributed by atoms with Crippen LogP contribution in [-0.2, 0) is 11.5 Å². The predicted molar refractivity (Wildman–Crippen MR) is 116 cm³/mol. The van der Waals surface area contributed by atoms with Crippen LogP contribution in [0.1, 0.15) is 17.1 Å². The summed E-state index contributed by atoms with van der Waals surface area (Å²) in [5, 5.41) is 8.14. The topological polar surface area (TPSA) is 99.8 Å². The van der Waals surface area contributed by atoms with E-state index >= 15 is 0 Å². The summed E-state index contributed by atoms with van der Waals surface area (Å²) in [5.41, 5.74) is 3.18. The first kappa shape index (κ1) is 20.0. The van der Waals surface area contributed by atoms with Gasteiger partial charge in [-0.25, -0.2) is 4.98 Å². The third-order valence-electron chi connectivity index (χ3n) is 3.93. The quantitative estimate of drug-likeness (QED) is 0.302. The highest BCUT2D eigenvalue weighted by molar-refractivity contribution is 7.98. The zero-order valence-electron chi connectivity index (χ0n) is 14.9. The van der Waals surface area contributed by atoms with Crippen molar-refractivity contribution in [1.29, 1.82) is 0 Å². The molecule has 0 amide bonds. The molecule has 3 aromatic rings. The molecule has 1 aromatic carbocycles. The molecule has 0 bridgehead atoms. The summed E-state index contributed by atoms with van der Waals surface area (Å²) in [7, 11) is 0. The largest absolute Gasteiger partial charge is 0.379 e. The first-order valence-corrected chi connectivity index (χ1v) is 11.7. The second-order valence-electron chi connectivity index (χ2n) is 5.82. The molecule has 0 aliphatic carbocycles. The van der Waals surface area contributed by atoms with Crippen LogP contribution in [0.4, 0.5) is 11.4 Å². The van der Waals surface area contributed by atoms with Crippen LogP contribution in [0.15, 0.2) is 27.4 Å². The molecule has 10 heteroatoms. The minimum atomic E-state index is -0.429. The molecule has 7 nitrogen and oxygen atoms in total. The predicted octanol–water partition coefficient (Wildman–Crippen LogP) is 2.46. The van der Waals surface area contributed by atoms with Crippen LogP contribution in [0.3, 0.4) is 0 Å². The average Bonchev–Trinajstić information content (AvgIpc) is 3.33. The summed E-state index contributed by atoms with van der Waals surface area (Å²) >= 11 is 4.94. The Balaban J connectivity index is 1.34. The molecule has 0 unspecified atom stereocenters. The fourth-order valence-electron chi connectivity index (χ4n) is 2.42. The lowest BCUT2D eigenvalue weighted by molar-refractivity contribution is 1.14. The number of nitrogens with zero attached hydrogens (tertiary/aromatic N) is 2. The molecule has 144 valence electrons. The molecule has 0 atom stereocenters. The number of imidazole rings is 1. The molecule has 0 saturated heterocycles. The van der Waals surface area contributed by atoms with E-state index in [1.54, 1.807) is 29.9 Å². The molecule has 3 rings (SSSR count). The van der Waals surface area contributed by atoms with Crippen LogP contribution in [0.2, 0.25) is 0 Å². The van der Waals surface area contributed by atoms with E-state index in [9.17, 15) is 9.59 Å². The van der Waals surface area contributed by atoms with Crippen LogP contribution in [0.25, 0.3) is 0 Å². The molecule has 2 heterocycles. The Morgan fingerprint density at radius 3 is 2.30 bits per heavy atom. The van der Waals surface area contributed by atoms with Crippen molar-refractivity contribution < 1.29 is 0 Å². The number of hydrogen-bond acceptors (Lipinski definition) is 9. The summed E-state index contributed by atoms with van der Waals surface area (Å²) in [6.45, 7) is 3.25. The fourth-order valence-corrected chi connectivity index (χ4v) is 4.69. The molecule has 0 radical (unpaired) electrons. The SMILES string of the molecule is Cc1nc[nH]c1CSCCNc1c(NCCSCc2ccsn2)c(=O)c1=O. The standard InChI is InChI=1S/C17H21N5O2S3/c1-11-13(21-10-20-11)9-26-7-4-19-15-14(16(23)17(15)24)18-3-6-25-8-12-2-5-27-22-12/h2,5,10,18-19H,3-4,6-9H2,1H3,(H,20,21). The van der Waals surface area contributed by atoms with Gasteiger partial charge in [0.05, 0.1) is 17.7 Å². The number of aryl methyl sites for hydroxylation is 1. The van der Waals surface area contributed by atoms with Crippen molar-refractivity contribution in [2.75, 3.05) is 35.2 Å². The second kappa shape index (κ2) is 9.95. The van der Waals surface area contributed by atoms with Gasteiger partial charge in [0.25, 0.3) is 10.9 Å². The maximum absolute atomic E-state index is 11.8. The lowest BCUT2D eigenvalue weighted by atomic mass is 10.2. The molecule has 0 fully saturated rings. The van der Waals surface area contributed by atoms with Crippen molar-refractivity contribution in [2.45, 2.75) is 18.4 Å². The van der Waals surface area contributed by atoms with E-state index in [0.717, 1.165) is 40.1 Å². The van der Waals surface area contributed by atoms with Crippen molar-refractivity contribution in [2.24, 2.45) is 0 Å². The Morgan fingerprint density at radius 1 is 1.07 bits per heavy atom. The Labute approximate surface area is 169 Å². The minimum Gasteiger partial charge on any atom is -0.379 e. The van der Waals surface area contributed by atoms with Crippen molar-refractivity contribution in [3.05, 3.63) is 55.3 Å². The Bertz CT molecular complexity index is 916. The number of hydrogen-bond donors (Lipinski definition) is 3. The number of H-pyrrole nitrogens is 1. The number of thioether (sulfide) groups is 2. The van der Waals surface area contributed by atoms with Crippen LogP contribution in [0.5, 0.6) is 0 Å². The molecule has 0 saturated carbocycles. The van der Waals surface area contributed by atoms with E-state index in [1.807, 2.05) is 18.4 Å². The highest BCUT2D eigenvalue weighted by atomic mass is 32.2. The molecule has 0 aliphatic heterocycles. The number of aromatic nitrogens is 3. The van der Waals surface area contributed by atoms with E-state index in [0.29, 0.717) is 24.5 Å². The fraction of sp³-hybridized carbons (Fsp3) is 0.412. The number of rotatable bonds is 12. The van der Waals surface area contributed by atoms with E-state index in [4.69, 9.17) is 0 Å².